The second-order valence-corrected chi connectivity index (χ2v) is 8.08. The zero-order valence-corrected chi connectivity index (χ0v) is 16.6. The van der Waals surface area contributed by atoms with Crippen LogP contribution in [0.4, 0.5) is 5.69 Å². The molecule has 138 valence electrons. The van der Waals surface area contributed by atoms with Crippen LogP contribution in [0.25, 0.3) is 0 Å². The van der Waals surface area contributed by atoms with Crippen LogP contribution in [0.3, 0.4) is 0 Å². The van der Waals surface area contributed by atoms with E-state index >= 15 is 0 Å². The number of carbonyl (C=O) groups is 1. The number of hydrogen-bond acceptors (Lipinski definition) is 2. The lowest BCUT2D eigenvalue weighted by atomic mass is 10.2. The maximum Gasteiger partial charge on any atom is 0.279 e. The fraction of sp³-hybridized carbons (Fsp3) is 0.350. The average molecular weight is 392 g/mol. The van der Waals surface area contributed by atoms with Crippen molar-refractivity contribution < 1.29 is 14.6 Å². The van der Waals surface area contributed by atoms with Gasteiger partial charge in [-0.2, -0.15) is 0 Å². The first-order chi connectivity index (χ1) is 12.6. The van der Waals surface area contributed by atoms with Gasteiger partial charge in [-0.25, -0.2) is 0 Å². The number of quaternary nitrogens is 2. The van der Waals surface area contributed by atoms with Crippen LogP contribution >= 0.6 is 23.4 Å². The van der Waals surface area contributed by atoms with Gasteiger partial charge in [-0.05, 0) is 36.6 Å². The maximum atomic E-state index is 12.3. The fourth-order valence-electron chi connectivity index (χ4n) is 3.38. The number of hydrogen-bond donors (Lipinski definition) is 3. The number of nitrogens with one attached hydrogen (secondary N) is 3. The number of thioether (sulfide) groups is 1. The summed E-state index contributed by atoms with van der Waals surface area (Å²) in [4.78, 5) is 16.4. The van der Waals surface area contributed by atoms with Crippen molar-refractivity contribution in [2.45, 2.75) is 11.4 Å². The normalized spacial score (nSPS) is 19.9. The molecule has 6 heteroatoms. The van der Waals surface area contributed by atoms with Gasteiger partial charge in [-0.1, -0.05) is 29.8 Å². The summed E-state index contributed by atoms with van der Waals surface area (Å²) in [6.07, 6.45) is 2.04. The third-order valence-corrected chi connectivity index (χ3v) is 5.73. The quantitative estimate of drug-likeness (QED) is 0.642. The highest BCUT2D eigenvalue weighted by atomic mass is 35.5. The molecule has 1 saturated heterocycles. The Labute approximate surface area is 164 Å². The summed E-state index contributed by atoms with van der Waals surface area (Å²) in [5.74, 6) is 0.0940. The summed E-state index contributed by atoms with van der Waals surface area (Å²) in [7, 11) is 0. The molecule has 26 heavy (non-hydrogen) atoms. The standard InChI is InChI=1S/C20H24ClN3OS/c1-26-19-7-3-6-18(13-19)22-20(25)15-24-10-8-23(9-11-24)14-16-4-2-5-17(21)12-16/h2-7,12-13H,8-11,14-15H2,1H3,(H,22,25)/p+2. The van der Waals surface area contributed by atoms with Crippen molar-refractivity contribution >= 4 is 35.0 Å². The van der Waals surface area contributed by atoms with E-state index in [2.05, 4.69) is 11.4 Å². The Kier molecular flexibility index (Phi) is 6.97. The van der Waals surface area contributed by atoms with Crippen molar-refractivity contribution in [2.24, 2.45) is 0 Å². The van der Waals surface area contributed by atoms with Gasteiger partial charge in [-0.15, -0.1) is 11.8 Å². The molecule has 0 bridgehead atoms. The molecule has 1 aliphatic rings. The minimum Gasteiger partial charge on any atom is -0.322 e. The topological polar surface area (TPSA) is 38.0 Å². The first kappa shape index (κ1) is 19.2. The lowest BCUT2D eigenvalue weighted by Crippen LogP contribution is -3.28. The molecule has 0 aromatic heterocycles. The molecule has 4 nitrogen and oxygen atoms in total. The van der Waals surface area contributed by atoms with Gasteiger partial charge in [0.25, 0.3) is 5.91 Å². The second kappa shape index (κ2) is 9.42. The molecule has 3 rings (SSSR count). The molecule has 0 unspecified atom stereocenters. The molecule has 3 N–H and O–H groups in total. The Hall–Kier alpha value is -1.53. The maximum absolute atomic E-state index is 12.3. The van der Waals surface area contributed by atoms with Gasteiger partial charge in [0.2, 0.25) is 0 Å². The van der Waals surface area contributed by atoms with Crippen LogP contribution in [-0.4, -0.2) is 44.9 Å². The zero-order valence-electron chi connectivity index (χ0n) is 15.1. The molecular formula is C20H26ClN3OS+2. The molecule has 2 aromatic rings. The summed E-state index contributed by atoms with van der Waals surface area (Å²) >= 11 is 7.75. The Morgan fingerprint density at radius 3 is 2.54 bits per heavy atom. The Morgan fingerprint density at radius 1 is 1.08 bits per heavy atom. The third kappa shape index (κ3) is 5.74. The summed E-state index contributed by atoms with van der Waals surface area (Å²) in [5, 5.41) is 3.83. The largest absolute Gasteiger partial charge is 0.322 e. The highest BCUT2D eigenvalue weighted by Crippen LogP contribution is 2.18. The van der Waals surface area contributed by atoms with E-state index in [-0.39, 0.29) is 5.91 Å². The van der Waals surface area contributed by atoms with E-state index in [1.165, 1.54) is 10.5 Å². The summed E-state index contributed by atoms with van der Waals surface area (Å²) in [6, 6.07) is 16.1. The number of carbonyl (C=O) groups excluding carboxylic acids is 1. The van der Waals surface area contributed by atoms with Gasteiger partial charge >= 0.3 is 0 Å². The number of amides is 1. The van der Waals surface area contributed by atoms with E-state index < -0.39 is 0 Å². The van der Waals surface area contributed by atoms with E-state index in [0.717, 1.165) is 48.3 Å². The van der Waals surface area contributed by atoms with Crippen LogP contribution in [0, 0.1) is 0 Å². The van der Waals surface area contributed by atoms with Crippen molar-refractivity contribution in [2.75, 3.05) is 44.3 Å². The molecular weight excluding hydrogens is 366 g/mol. The minimum absolute atomic E-state index is 0.0940. The van der Waals surface area contributed by atoms with Crippen LogP contribution in [0.5, 0.6) is 0 Å². The van der Waals surface area contributed by atoms with Crippen molar-refractivity contribution in [1.29, 1.82) is 0 Å². The number of anilines is 1. The first-order valence-corrected chi connectivity index (χ1v) is 10.6. The lowest BCUT2D eigenvalue weighted by molar-refractivity contribution is -1.02. The first-order valence-electron chi connectivity index (χ1n) is 8.98. The third-order valence-electron chi connectivity index (χ3n) is 4.77. The van der Waals surface area contributed by atoms with Crippen molar-refractivity contribution in [1.82, 2.24) is 0 Å². The van der Waals surface area contributed by atoms with Crippen LogP contribution in [-0.2, 0) is 11.3 Å². The van der Waals surface area contributed by atoms with Crippen LogP contribution in [0.2, 0.25) is 5.02 Å². The van der Waals surface area contributed by atoms with E-state index in [1.807, 2.05) is 48.7 Å². The van der Waals surface area contributed by atoms with Gasteiger partial charge < -0.3 is 15.1 Å². The van der Waals surface area contributed by atoms with E-state index in [4.69, 9.17) is 11.6 Å². The number of halogens is 1. The summed E-state index contributed by atoms with van der Waals surface area (Å²) < 4.78 is 0. The molecule has 0 radical (unpaired) electrons. The van der Waals surface area contributed by atoms with Crippen LogP contribution in [0.1, 0.15) is 5.56 Å². The molecule has 1 heterocycles. The monoisotopic (exact) mass is 391 g/mol. The van der Waals surface area contributed by atoms with Crippen LogP contribution < -0.4 is 15.1 Å². The predicted molar refractivity (Wildman–Crippen MR) is 108 cm³/mol. The minimum atomic E-state index is 0.0940. The predicted octanol–water partition coefficient (Wildman–Crippen LogP) is 0.984. The molecule has 1 amide bonds. The van der Waals surface area contributed by atoms with Gasteiger partial charge in [-0.3, -0.25) is 4.79 Å². The fourth-order valence-corrected chi connectivity index (χ4v) is 4.05. The van der Waals surface area contributed by atoms with E-state index in [9.17, 15) is 4.79 Å². The Morgan fingerprint density at radius 2 is 1.81 bits per heavy atom. The number of benzene rings is 2. The average Bonchev–Trinajstić information content (AvgIpc) is 2.63. The second-order valence-electron chi connectivity index (χ2n) is 6.76. The summed E-state index contributed by atoms with van der Waals surface area (Å²) in [6.45, 7) is 5.74. The number of piperazine rings is 1. The lowest BCUT2D eigenvalue weighted by Gasteiger charge is -2.29. The van der Waals surface area contributed by atoms with Gasteiger partial charge in [0.1, 0.15) is 32.7 Å². The molecule has 0 aliphatic carbocycles. The SMILES string of the molecule is CSc1cccc(NC(=O)C[NH+]2CC[NH+](Cc3cccc(Cl)c3)CC2)c1. The van der Waals surface area contributed by atoms with Gasteiger partial charge in [0, 0.05) is 21.2 Å². The molecule has 0 spiro atoms. The molecule has 0 atom stereocenters. The summed E-state index contributed by atoms with van der Waals surface area (Å²) in [5.41, 5.74) is 2.16. The van der Waals surface area contributed by atoms with Crippen LogP contribution in [0.15, 0.2) is 53.4 Å². The Bertz CT molecular complexity index is 747. The smallest absolute Gasteiger partial charge is 0.279 e. The van der Waals surface area contributed by atoms with E-state index in [0.29, 0.717) is 6.54 Å². The van der Waals surface area contributed by atoms with Crippen molar-refractivity contribution in [3.8, 4) is 0 Å². The molecule has 1 fully saturated rings. The van der Waals surface area contributed by atoms with Crippen molar-refractivity contribution in [3.63, 3.8) is 0 Å². The number of rotatable bonds is 6. The highest BCUT2D eigenvalue weighted by Gasteiger charge is 2.24. The molecule has 1 aliphatic heterocycles. The van der Waals surface area contributed by atoms with Gasteiger partial charge in [0.05, 0.1) is 0 Å². The van der Waals surface area contributed by atoms with Crippen molar-refractivity contribution in [3.05, 3.63) is 59.1 Å². The molecule has 0 saturated carbocycles. The zero-order chi connectivity index (χ0) is 18.4. The van der Waals surface area contributed by atoms with Gasteiger partial charge in [0.15, 0.2) is 6.54 Å². The van der Waals surface area contributed by atoms with E-state index in [1.54, 1.807) is 16.7 Å². The highest BCUT2D eigenvalue weighted by molar-refractivity contribution is 7.98. The molecule has 2 aromatic carbocycles. The Balaban J connectivity index is 1.44.